The minimum absolute atomic E-state index is 0.0787. The fraction of sp³-hybridized carbons (Fsp3) is 0.211. The van der Waals surface area contributed by atoms with Gasteiger partial charge >= 0.3 is 0 Å². The molecule has 0 fully saturated rings. The highest BCUT2D eigenvalue weighted by Gasteiger charge is 2.10. The predicted molar refractivity (Wildman–Crippen MR) is 100.0 cm³/mol. The van der Waals surface area contributed by atoms with Crippen molar-refractivity contribution in [2.24, 2.45) is 0 Å². The molecule has 0 radical (unpaired) electrons. The molecule has 24 heavy (non-hydrogen) atoms. The molecule has 2 aromatic carbocycles. The molecule has 5 heteroatoms. The van der Waals surface area contributed by atoms with E-state index in [1.807, 2.05) is 32.0 Å². The zero-order valence-electron chi connectivity index (χ0n) is 13.7. The monoisotopic (exact) mass is 389 g/mol. The molecule has 0 atom stereocenters. The SMILES string of the molecule is C=CCOc1ccc(C(=O)Nc2cccc(OC(C)C)c2)cc1Br. The number of ether oxygens (including phenoxy) is 2. The van der Waals surface area contributed by atoms with Gasteiger partial charge in [0, 0.05) is 17.3 Å². The third kappa shape index (κ3) is 5.13. The number of carbonyl (C=O) groups is 1. The molecule has 0 aliphatic heterocycles. The third-order valence-corrected chi connectivity index (χ3v) is 3.63. The van der Waals surface area contributed by atoms with E-state index in [0.717, 1.165) is 5.75 Å². The molecule has 0 heterocycles. The van der Waals surface area contributed by atoms with Gasteiger partial charge in [0.2, 0.25) is 0 Å². The van der Waals surface area contributed by atoms with Crippen LogP contribution in [0.1, 0.15) is 24.2 Å². The summed E-state index contributed by atoms with van der Waals surface area (Å²) >= 11 is 3.41. The summed E-state index contributed by atoms with van der Waals surface area (Å²) in [4.78, 5) is 12.4. The number of anilines is 1. The molecule has 0 unspecified atom stereocenters. The summed E-state index contributed by atoms with van der Waals surface area (Å²) in [5, 5.41) is 2.86. The van der Waals surface area contributed by atoms with E-state index in [1.54, 1.807) is 30.3 Å². The van der Waals surface area contributed by atoms with Crippen LogP contribution in [0.2, 0.25) is 0 Å². The average Bonchev–Trinajstić information content (AvgIpc) is 2.53. The Hall–Kier alpha value is -2.27. The Morgan fingerprint density at radius 2 is 2.08 bits per heavy atom. The summed E-state index contributed by atoms with van der Waals surface area (Å²) in [5.74, 6) is 1.18. The first-order valence-electron chi connectivity index (χ1n) is 7.61. The molecule has 0 saturated carbocycles. The quantitative estimate of drug-likeness (QED) is 0.673. The molecule has 1 amide bonds. The van der Waals surface area contributed by atoms with Gasteiger partial charge in [0.15, 0.2) is 0 Å². The van der Waals surface area contributed by atoms with E-state index in [1.165, 1.54) is 0 Å². The number of carbonyl (C=O) groups excluding carboxylic acids is 1. The first-order chi connectivity index (χ1) is 11.5. The smallest absolute Gasteiger partial charge is 0.255 e. The van der Waals surface area contributed by atoms with E-state index < -0.39 is 0 Å². The number of halogens is 1. The minimum atomic E-state index is -0.201. The summed E-state index contributed by atoms with van der Waals surface area (Å²) in [7, 11) is 0. The van der Waals surface area contributed by atoms with Crippen LogP contribution in [-0.4, -0.2) is 18.6 Å². The van der Waals surface area contributed by atoms with Crippen molar-refractivity contribution in [3.05, 3.63) is 65.2 Å². The second-order valence-electron chi connectivity index (χ2n) is 5.39. The van der Waals surface area contributed by atoms with Crippen LogP contribution < -0.4 is 14.8 Å². The number of nitrogens with one attached hydrogen (secondary N) is 1. The van der Waals surface area contributed by atoms with Gasteiger partial charge in [-0.25, -0.2) is 0 Å². The molecule has 2 rings (SSSR count). The third-order valence-electron chi connectivity index (χ3n) is 3.01. The number of hydrogen-bond donors (Lipinski definition) is 1. The van der Waals surface area contributed by atoms with Crippen molar-refractivity contribution in [3.63, 3.8) is 0 Å². The fourth-order valence-electron chi connectivity index (χ4n) is 2.03. The van der Waals surface area contributed by atoms with Gasteiger partial charge in [-0.15, -0.1) is 0 Å². The minimum Gasteiger partial charge on any atom is -0.491 e. The maximum atomic E-state index is 12.4. The van der Waals surface area contributed by atoms with Crippen molar-refractivity contribution in [2.45, 2.75) is 20.0 Å². The lowest BCUT2D eigenvalue weighted by Crippen LogP contribution is -2.12. The lowest BCUT2D eigenvalue weighted by Gasteiger charge is -2.12. The van der Waals surface area contributed by atoms with Gasteiger partial charge in [-0.2, -0.15) is 0 Å². The van der Waals surface area contributed by atoms with Crippen molar-refractivity contribution in [1.82, 2.24) is 0 Å². The molecule has 4 nitrogen and oxygen atoms in total. The molecule has 0 aliphatic rings. The Morgan fingerprint density at radius 3 is 2.75 bits per heavy atom. The molecule has 0 saturated heterocycles. The van der Waals surface area contributed by atoms with Gasteiger partial charge in [0.1, 0.15) is 18.1 Å². The van der Waals surface area contributed by atoms with E-state index in [0.29, 0.717) is 28.1 Å². The van der Waals surface area contributed by atoms with Crippen LogP contribution in [0.25, 0.3) is 0 Å². The second kappa shape index (κ2) is 8.55. The van der Waals surface area contributed by atoms with E-state index in [9.17, 15) is 4.79 Å². The van der Waals surface area contributed by atoms with E-state index in [2.05, 4.69) is 27.8 Å². The summed E-state index contributed by atoms with van der Waals surface area (Å²) < 4.78 is 11.8. The van der Waals surface area contributed by atoms with Crippen molar-refractivity contribution in [3.8, 4) is 11.5 Å². The predicted octanol–water partition coefficient (Wildman–Crippen LogP) is 5.05. The topological polar surface area (TPSA) is 47.6 Å². The van der Waals surface area contributed by atoms with Crippen molar-refractivity contribution in [1.29, 1.82) is 0 Å². The highest BCUT2D eigenvalue weighted by molar-refractivity contribution is 9.10. The Balaban J connectivity index is 2.09. The van der Waals surface area contributed by atoms with Crippen LogP contribution >= 0.6 is 15.9 Å². The normalized spacial score (nSPS) is 10.3. The van der Waals surface area contributed by atoms with Crippen LogP contribution in [0.4, 0.5) is 5.69 Å². The maximum absolute atomic E-state index is 12.4. The molecular weight excluding hydrogens is 370 g/mol. The summed E-state index contributed by atoms with van der Waals surface area (Å²) in [6.45, 7) is 7.93. The van der Waals surface area contributed by atoms with Crippen LogP contribution in [0.15, 0.2) is 59.6 Å². The average molecular weight is 390 g/mol. The maximum Gasteiger partial charge on any atom is 0.255 e. The Morgan fingerprint density at radius 1 is 1.29 bits per heavy atom. The molecule has 0 bridgehead atoms. The number of amides is 1. The van der Waals surface area contributed by atoms with Gasteiger partial charge in [0.05, 0.1) is 10.6 Å². The van der Waals surface area contributed by atoms with E-state index in [4.69, 9.17) is 9.47 Å². The molecule has 126 valence electrons. The summed E-state index contributed by atoms with van der Waals surface area (Å²) in [6.07, 6.45) is 1.74. The van der Waals surface area contributed by atoms with Crippen molar-refractivity contribution in [2.75, 3.05) is 11.9 Å². The van der Waals surface area contributed by atoms with Crippen LogP contribution in [0, 0.1) is 0 Å². The standard InChI is InChI=1S/C19H20BrNO3/c1-4-10-23-18-9-8-14(11-17(18)20)19(22)21-15-6-5-7-16(12-15)24-13(2)3/h4-9,11-13H,1,10H2,2-3H3,(H,21,22). The summed E-state index contributed by atoms with van der Waals surface area (Å²) in [5.41, 5.74) is 1.21. The Labute approximate surface area is 150 Å². The number of benzene rings is 2. The van der Waals surface area contributed by atoms with Gasteiger partial charge in [-0.1, -0.05) is 18.7 Å². The molecule has 0 aromatic heterocycles. The van der Waals surface area contributed by atoms with E-state index in [-0.39, 0.29) is 12.0 Å². The number of hydrogen-bond acceptors (Lipinski definition) is 3. The molecular formula is C19H20BrNO3. The van der Waals surface area contributed by atoms with Gasteiger partial charge in [-0.3, -0.25) is 4.79 Å². The van der Waals surface area contributed by atoms with Gasteiger partial charge in [-0.05, 0) is 60.1 Å². The molecule has 0 aliphatic carbocycles. The second-order valence-corrected chi connectivity index (χ2v) is 6.25. The van der Waals surface area contributed by atoms with Crippen LogP contribution in [-0.2, 0) is 0 Å². The highest BCUT2D eigenvalue weighted by Crippen LogP contribution is 2.27. The lowest BCUT2D eigenvalue weighted by atomic mass is 10.2. The summed E-state index contributed by atoms with van der Waals surface area (Å²) in [6, 6.07) is 12.5. The van der Waals surface area contributed by atoms with Crippen LogP contribution in [0.3, 0.4) is 0 Å². The zero-order chi connectivity index (χ0) is 17.5. The molecule has 2 aromatic rings. The fourth-order valence-corrected chi connectivity index (χ4v) is 2.52. The van der Waals surface area contributed by atoms with Gasteiger partial charge < -0.3 is 14.8 Å². The molecule has 0 spiro atoms. The van der Waals surface area contributed by atoms with Crippen molar-refractivity contribution < 1.29 is 14.3 Å². The first kappa shape index (κ1) is 18.1. The highest BCUT2D eigenvalue weighted by atomic mass is 79.9. The zero-order valence-corrected chi connectivity index (χ0v) is 15.3. The van der Waals surface area contributed by atoms with Crippen LogP contribution in [0.5, 0.6) is 11.5 Å². The van der Waals surface area contributed by atoms with Gasteiger partial charge in [0.25, 0.3) is 5.91 Å². The lowest BCUT2D eigenvalue weighted by molar-refractivity contribution is 0.102. The number of rotatable bonds is 7. The Kier molecular flexibility index (Phi) is 6.44. The van der Waals surface area contributed by atoms with E-state index >= 15 is 0 Å². The first-order valence-corrected chi connectivity index (χ1v) is 8.40. The Bertz CT molecular complexity index is 728. The van der Waals surface area contributed by atoms with Crippen molar-refractivity contribution >= 4 is 27.5 Å². The molecule has 1 N–H and O–H groups in total. The largest absolute Gasteiger partial charge is 0.491 e.